The van der Waals surface area contributed by atoms with Gasteiger partial charge in [0.2, 0.25) is 11.8 Å². The van der Waals surface area contributed by atoms with E-state index in [4.69, 9.17) is 4.42 Å². The van der Waals surface area contributed by atoms with E-state index in [-0.39, 0.29) is 24.3 Å². The molecular formula is C27H39N3O3. The van der Waals surface area contributed by atoms with Crippen LogP contribution in [0.3, 0.4) is 0 Å². The summed E-state index contributed by atoms with van der Waals surface area (Å²) in [6.07, 6.45) is 4.48. The maximum absolute atomic E-state index is 13.4. The largest absolute Gasteiger partial charge is 0.464 e. The fourth-order valence-corrected chi connectivity index (χ4v) is 4.30. The number of carbonyl (C=O) groups excluding carboxylic acids is 2. The van der Waals surface area contributed by atoms with Gasteiger partial charge in [0, 0.05) is 25.6 Å². The molecule has 1 saturated heterocycles. The molecule has 0 spiro atoms. The van der Waals surface area contributed by atoms with E-state index in [0.717, 1.165) is 37.6 Å². The average Bonchev–Trinajstić information content (AvgIpc) is 3.24. The lowest BCUT2D eigenvalue weighted by Gasteiger charge is -2.32. The van der Waals surface area contributed by atoms with Gasteiger partial charge in [-0.15, -0.1) is 0 Å². The molecule has 1 aromatic carbocycles. The molecule has 180 valence electrons. The van der Waals surface area contributed by atoms with Gasteiger partial charge in [-0.3, -0.25) is 9.59 Å². The number of carbonyl (C=O) groups is 2. The maximum atomic E-state index is 13.4. The van der Waals surface area contributed by atoms with Crippen molar-refractivity contribution in [1.29, 1.82) is 0 Å². The van der Waals surface area contributed by atoms with Gasteiger partial charge < -0.3 is 19.1 Å². The highest BCUT2D eigenvalue weighted by Gasteiger charge is 2.24. The molecule has 6 nitrogen and oxygen atoms in total. The van der Waals surface area contributed by atoms with E-state index >= 15 is 0 Å². The zero-order valence-corrected chi connectivity index (χ0v) is 20.5. The van der Waals surface area contributed by atoms with Gasteiger partial charge in [0.1, 0.15) is 11.5 Å². The summed E-state index contributed by atoms with van der Waals surface area (Å²) in [6.45, 7) is 10.4. The number of aryl methyl sites for hydroxylation is 1. The van der Waals surface area contributed by atoms with Crippen molar-refractivity contribution in [1.82, 2.24) is 14.7 Å². The lowest BCUT2D eigenvalue weighted by molar-refractivity contribution is -0.143. The molecule has 2 amide bonds. The van der Waals surface area contributed by atoms with Crippen molar-refractivity contribution in [2.24, 2.45) is 5.92 Å². The zero-order valence-electron chi connectivity index (χ0n) is 20.5. The highest BCUT2D eigenvalue weighted by atomic mass is 16.3. The first-order chi connectivity index (χ1) is 15.9. The normalized spacial score (nSPS) is 14.4. The SMILES string of the molecule is Cc1ccc(CN(CCc2ccccc2)C(=O)CN(CCN2CCCCC2)C(=O)C(C)C)o1. The third kappa shape index (κ3) is 8.04. The molecular weight excluding hydrogens is 414 g/mol. The molecule has 2 heterocycles. The van der Waals surface area contributed by atoms with Gasteiger partial charge in [-0.2, -0.15) is 0 Å². The molecule has 0 aliphatic carbocycles. The van der Waals surface area contributed by atoms with Crippen molar-refractivity contribution in [3.8, 4) is 0 Å². The molecule has 1 aliphatic rings. The van der Waals surface area contributed by atoms with Crippen LogP contribution in [0.2, 0.25) is 0 Å². The number of hydrogen-bond donors (Lipinski definition) is 0. The first-order valence-electron chi connectivity index (χ1n) is 12.3. The summed E-state index contributed by atoms with van der Waals surface area (Å²) in [5.74, 6) is 1.47. The third-order valence-corrected chi connectivity index (χ3v) is 6.28. The second kappa shape index (κ2) is 12.6. The second-order valence-electron chi connectivity index (χ2n) is 9.38. The summed E-state index contributed by atoms with van der Waals surface area (Å²) in [7, 11) is 0. The molecule has 1 fully saturated rings. The molecule has 3 rings (SSSR count). The number of furan rings is 1. The molecule has 0 unspecified atom stereocenters. The fourth-order valence-electron chi connectivity index (χ4n) is 4.30. The molecule has 1 aromatic heterocycles. The van der Waals surface area contributed by atoms with Crippen LogP contribution in [-0.4, -0.2) is 65.8 Å². The predicted molar refractivity (Wildman–Crippen MR) is 131 cm³/mol. The standard InChI is InChI=1S/C27H39N3O3/c1-22(2)27(32)30(19-18-28-15-8-5-9-16-28)21-26(31)29(20-25-13-12-23(3)33-25)17-14-24-10-6-4-7-11-24/h4,6-7,10-13,22H,5,8-9,14-21H2,1-3H3. The summed E-state index contributed by atoms with van der Waals surface area (Å²) < 4.78 is 5.75. The number of piperidine rings is 1. The Morgan fingerprint density at radius 2 is 1.70 bits per heavy atom. The van der Waals surface area contributed by atoms with Crippen LogP contribution in [0.25, 0.3) is 0 Å². The van der Waals surface area contributed by atoms with Crippen LogP contribution in [0.5, 0.6) is 0 Å². The smallest absolute Gasteiger partial charge is 0.242 e. The van der Waals surface area contributed by atoms with Crippen molar-refractivity contribution < 1.29 is 14.0 Å². The minimum atomic E-state index is -0.135. The van der Waals surface area contributed by atoms with E-state index in [0.29, 0.717) is 19.6 Å². The van der Waals surface area contributed by atoms with Crippen LogP contribution in [0.1, 0.15) is 50.2 Å². The van der Waals surface area contributed by atoms with Gasteiger partial charge in [-0.05, 0) is 57.0 Å². The Bertz CT molecular complexity index is 872. The van der Waals surface area contributed by atoms with Crippen LogP contribution in [0, 0.1) is 12.8 Å². The van der Waals surface area contributed by atoms with E-state index < -0.39 is 0 Å². The Morgan fingerprint density at radius 1 is 0.970 bits per heavy atom. The Hall–Kier alpha value is -2.60. The van der Waals surface area contributed by atoms with E-state index in [2.05, 4.69) is 17.0 Å². The lowest BCUT2D eigenvalue weighted by Crippen LogP contribution is -2.47. The Balaban J connectivity index is 1.67. The van der Waals surface area contributed by atoms with Crippen molar-refractivity contribution in [3.05, 3.63) is 59.5 Å². The lowest BCUT2D eigenvalue weighted by atomic mass is 10.1. The summed E-state index contributed by atoms with van der Waals surface area (Å²) in [5.41, 5.74) is 1.19. The topological polar surface area (TPSA) is 57.0 Å². The molecule has 1 aliphatic heterocycles. The fraction of sp³-hybridized carbons (Fsp3) is 0.556. The van der Waals surface area contributed by atoms with Crippen LogP contribution in [-0.2, 0) is 22.6 Å². The van der Waals surface area contributed by atoms with E-state index in [1.54, 1.807) is 4.90 Å². The van der Waals surface area contributed by atoms with Crippen LogP contribution < -0.4 is 0 Å². The summed E-state index contributed by atoms with van der Waals surface area (Å²) in [6, 6.07) is 14.0. The van der Waals surface area contributed by atoms with E-state index in [9.17, 15) is 9.59 Å². The predicted octanol–water partition coefficient (Wildman–Crippen LogP) is 4.13. The molecule has 33 heavy (non-hydrogen) atoms. The molecule has 0 saturated carbocycles. The van der Waals surface area contributed by atoms with Gasteiger partial charge in [0.15, 0.2) is 0 Å². The number of amides is 2. The number of rotatable bonds is 11. The number of hydrogen-bond acceptors (Lipinski definition) is 4. The summed E-state index contributed by atoms with van der Waals surface area (Å²) in [4.78, 5) is 32.4. The first-order valence-corrected chi connectivity index (χ1v) is 12.3. The quantitative estimate of drug-likeness (QED) is 0.513. The monoisotopic (exact) mass is 453 g/mol. The van der Waals surface area contributed by atoms with Gasteiger partial charge in [0.25, 0.3) is 0 Å². The highest BCUT2D eigenvalue weighted by Crippen LogP contribution is 2.13. The molecule has 0 N–H and O–H groups in total. The zero-order chi connectivity index (χ0) is 23.6. The molecule has 6 heteroatoms. The molecule has 0 atom stereocenters. The number of benzene rings is 1. The minimum absolute atomic E-state index is 0.0346. The summed E-state index contributed by atoms with van der Waals surface area (Å²) in [5, 5.41) is 0. The Kier molecular flexibility index (Phi) is 9.55. The molecule has 0 radical (unpaired) electrons. The van der Waals surface area contributed by atoms with Crippen molar-refractivity contribution in [3.63, 3.8) is 0 Å². The van der Waals surface area contributed by atoms with E-state index in [1.807, 2.05) is 56.0 Å². The first kappa shape index (κ1) is 25.0. The summed E-state index contributed by atoms with van der Waals surface area (Å²) >= 11 is 0. The van der Waals surface area contributed by atoms with Crippen LogP contribution >= 0.6 is 0 Å². The number of likely N-dealkylation sites (tertiary alicyclic amines) is 1. The Morgan fingerprint density at radius 3 is 2.33 bits per heavy atom. The van der Waals surface area contributed by atoms with E-state index in [1.165, 1.54) is 24.8 Å². The van der Waals surface area contributed by atoms with Crippen LogP contribution in [0.15, 0.2) is 46.9 Å². The maximum Gasteiger partial charge on any atom is 0.242 e. The van der Waals surface area contributed by atoms with Gasteiger partial charge in [0.05, 0.1) is 13.1 Å². The van der Waals surface area contributed by atoms with Gasteiger partial charge in [-0.25, -0.2) is 0 Å². The number of nitrogens with zero attached hydrogens (tertiary/aromatic N) is 3. The van der Waals surface area contributed by atoms with Gasteiger partial charge >= 0.3 is 0 Å². The molecule has 2 aromatic rings. The minimum Gasteiger partial charge on any atom is -0.464 e. The average molecular weight is 454 g/mol. The third-order valence-electron chi connectivity index (χ3n) is 6.28. The van der Waals surface area contributed by atoms with Gasteiger partial charge in [-0.1, -0.05) is 50.6 Å². The van der Waals surface area contributed by atoms with Crippen molar-refractivity contribution >= 4 is 11.8 Å². The van der Waals surface area contributed by atoms with Crippen LogP contribution in [0.4, 0.5) is 0 Å². The second-order valence-corrected chi connectivity index (χ2v) is 9.38. The Labute approximate surface area is 198 Å². The van der Waals surface area contributed by atoms with Crippen molar-refractivity contribution in [2.75, 3.05) is 39.3 Å². The van der Waals surface area contributed by atoms with Crippen molar-refractivity contribution in [2.45, 2.75) is 53.0 Å². The highest BCUT2D eigenvalue weighted by molar-refractivity contribution is 5.85. The molecule has 0 bridgehead atoms.